The van der Waals surface area contributed by atoms with E-state index in [1.54, 1.807) is 0 Å². The first-order valence-electron chi connectivity index (χ1n) is 5.32. The number of amides is 1. The van der Waals surface area contributed by atoms with E-state index in [9.17, 15) is 4.79 Å². The van der Waals surface area contributed by atoms with E-state index in [4.69, 9.17) is 5.73 Å². The summed E-state index contributed by atoms with van der Waals surface area (Å²) in [5.74, 6) is 0.709. The molecule has 1 saturated heterocycles. The molecular weight excluding hydrogens is 164 g/mol. The average Bonchev–Trinajstić information content (AvgIpc) is 2.02. The molecule has 0 aromatic heterocycles. The molecule has 1 aliphatic carbocycles. The van der Waals surface area contributed by atoms with Crippen molar-refractivity contribution in [1.82, 2.24) is 5.32 Å². The molecule has 3 nitrogen and oxygen atoms in total. The van der Waals surface area contributed by atoms with E-state index in [-0.39, 0.29) is 11.8 Å². The van der Waals surface area contributed by atoms with Crippen LogP contribution >= 0.6 is 0 Å². The van der Waals surface area contributed by atoms with E-state index in [0.29, 0.717) is 6.04 Å². The largest absolute Gasteiger partial charge is 0.369 e. The summed E-state index contributed by atoms with van der Waals surface area (Å²) in [4.78, 5) is 11.2. The number of carbonyl (C=O) groups excluding carboxylic acids is 1. The van der Waals surface area contributed by atoms with Crippen molar-refractivity contribution in [3.63, 3.8) is 0 Å². The molecule has 2 rings (SSSR count). The van der Waals surface area contributed by atoms with Gasteiger partial charge in [0.25, 0.3) is 0 Å². The van der Waals surface area contributed by atoms with Gasteiger partial charge in [-0.25, -0.2) is 0 Å². The zero-order valence-electron chi connectivity index (χ0n) is 7.96. The summed E-state index contributed by atoms with van der Waals surface area (Å²) in [6.45, 7) is 1.06. The van der Waals surface area contributed by atoms with E-state index in [2.05, 4.69) is 5.32 Å². The van der Waals surface area contributed by atoms with Crippen LogP contribution in [-0.2, 0) is 4.79 Å². The Morgan fingerprint density at radius 2 is 2.00 bits per heavy atom. The van der Waals surface area contributed by atoms with Crippen LogP contribution in [0.2, 0.25) is 0 Å². The molecule has 1 heterocycles. The molecule has 0 aromatic carbocycles. The van der Waals surface area contributed by atoms with Crippen LogP contribution in [0.25, 0.3) is 0 Å². The van der Waals surface area contributed by atoms with Gasteiger partial charge in [-0.05, 0) is 38.1 Å². The molecule has 3 N–H and O–H groups in total. The molecule has 13 heavy (non-hydrogen) atoms. The molecule has 2 atom stereocenters. The van der Waals surface area contributed by atoms with Crippen LogP contribution in [0, 0.1) is 11.8 Å². The smallest absolute Gasteiger partial charge is 0.222 e. The van der Waals surface area contributed by atoms with Crippen LogP contribution in [0.1, 0.15) is 32.1 Å². The van der Waals surface area contributed by atoms with Crippen molar-refractivity contribution in [3.05, 3.63) is 0 Å². The lowest BCUT2D eigenvalue weighted by atomic mass is 9.72. The zero-order valence-corrected chi connectivity index (χ0v) is 7.96. The first kappa shape index (κ1) is 9.00. The standard InChI is InChI=1S/C10H18N2O/c11-10(13)8-5-2-6-12-9(8)7-3-1-4-7/h7-9,12H,1-6H2,(H2,11,13). The summed E-state index contributed by atoms with van der Waals surface area (Å²) in [5.41, 5.74) is 5.40. The number of carbonyl (C=O) groups is 1. The number of primary amides is 1. The van der Waals surface area contributed by atoms with E-state index < -0.39 is 0 Å². The highest BCUT2D eigenvalue weighted by Crippen LogP contribution is 2.35. The molecule has 0 radical (unpaired) electrons. The second-order valence-corrected chi connectivity index (χ2v) is 4.32. The fourth-order valence-electron chi connectivity index (χ4n) is 2.53. The van der Waals surface area contributed by atoms with E-state index >= 15 is 0 Å². The normalized spacial score (nSPS) is 35.4. The van der Waals surface area contributed by atoms with Gasteiger partial charge in [0.2, 0.25) is 5.91 Å². The highest BCUT2D eigenvalue weighted by Gasteiger charge is 2.37. The third-order valence-corrected chi connectivity index (χ3v) is 3.53. The molecular formula is C10H18N2O. The van der Waals surface area contributed by atoms with Crippen LogP contribution in [-0.4, -0.2) is 18.5 Å². The van der Waals surface area contributed by atoms with Gasteiger partial charge in [0.15, 0.2) is 0 Å². The number of nitrogens with two attached hydrogens (primary N) is 1. The first-order chi connectivity index (χ1) is 6.29. The van der Waals surface area contributed by atoms with Gasteiger partial charge in [0.1, 0.15) is 0 Å². The SMILES string of the molecule is NC(=O)C1CCCNC1C1CCC1. The Hall–Kier alpha value is -0.570. The summed E-state index contributed by atoms with van der Waals surface area (Å²) in [6, 6.07) is 0.389. The number of piperidine rings is 1. The monoisotopic (exact) mass is 182 g/mol. The lowest BCUT2D eigenvalue weighted by molar-refractivity contribution is -0.124. The molecule has 74 valence electrons. The quantitative estimate of drug-likeness (QED) is 0.658. The molecule has 1 aliphatic heterocycles. The Labute approximate surface area is 79.1 Å². The topological polar surface area (TPSA) is 55.1 Å². The van der Waals surface area contributed by atoms with Gasteiger partial charge in [-0.15, -0.1) is 0 Å². The summed E-state index contributed by atoms with van der Waals surface area (Å²) < 4.78 is 0. The van der Waals surface area contributed by atoms with Crippen molar-refractivity contribution < 1.29 is 4.79 Å². The van der Waals surface area contributed by atoms with Crippen LogP contribution in [0.4, 0.5) is 0 Å². The number of hydrogen-bond acceptors (Lipinski definition) is 2. The summed E-state index contributed by atoms with van der Waals surface area (Å²) in [7, 11) is 0. The number of rotatable bonds is 2. The van der Waals surface area contributed by atoms with Gasteiger partial charge in [-0.1, -0.05) is 6.42 Å². The molecule has 1 saturated carbocycles. The number of nitrogens with one attached hydrogen (secondary N) is 1. The molecule has 2 aliphatic rings. The minimum atomic E-state index is -0.107. The van der Waals surface area contributed by atoms with E-state index in [1.165, 1.54) is 19.3 Å². The highest BCUT2D eigenvalue weighted by atomic mass is 16.1. The maximum absolute atomic E-state index is 11.2. The maximum atomic E-state index is 11.2. The number of hydrogen-bond donors (Lipinski definition) is 2. The van der Waals surface area contributed by atoms with E-state index in [1.807, 2.05) is 0 Å². The Morgan fingerprint density at radius 1 is 1.23 bits per heavy atom. The second kappa shape index (κ2) is 3.66. The van der Waals surface area contributed by atoms with Gasteiger partial charge >= 0.3 is 0 Å². The predicted octanol–water partition coefficient (Wildman–Crippen LogP) is 0.640. The van der Waals surface area contributed by atoms with E-state index in [0.717, 1.165) is 25.3 Å². The molecule has 0 spiro atoms. The molecule has 3 heteroatoms. The fourth-order valence-corrected chi connectivity index (χ4v) is 2.53. The van der Waals surface area contributed by atoms with Crippen molar-refractivity contribution in [2.24, 2.45) is 17.6 Å². The lowest BCUT2D eigenvalue weighted by Crippen LogP contribution is -2.52. The summed E-state index contributed by atoms with van der Waals surface area (Å²) >= 11 is 0. The second-order valence-electron chi connectivity index (χ2n) is 4.32. The Kier molecular flexibility index (Phi) is 2.54. The molecule has 0 aromatic rings. The third kappa shape index (κ3) is 1.70. The van der Waals surface area contributed by atoms with Crippen LogP contribution in [0.5, 0.6) is 0 Å². The molecule has 1 amide bonds. The minimum Gasteiger partial charge on any atom is -0.369 e. The van der Waals surface area contributed by atoms with Crippen molar-refractivity contribution >= 4 is 5.91 Å². The summed E-state index contributed by atoms with van der Waals surface area (Å²) in [6.07, 6.45) is 5.97. The molecule has 2 fully saturated rings. The van der Waals surface area contributed by atoms with Crippen LogP contribution in [0.15, 0.2) is 0 Å². The predicted molar refractivity (Wildman–Crippen MR) is 51.1 cm³/mol. The average molecular weight is 182 g/mol. The van der Waals surface area contributed by atoms with Crippen molar-refractivity contribution in [3.8, 4) is 0 Å². The van der Waals surface area contributed by atoms with Crippen molar-refractivity contribution in [2.75, 3.05) is 6.54 Å². The van der Waals surface area contributed by atoms with Gasteiger partial charge in [0.05, 0.1) is 5.92 Å². The molecule has 2 unspecified atom stereocenters. The van der Waals surface area contributed by atoms with Gasteiger partial charge in [-0.2, -0.15) is 0 Å². The Balaban J connectivity index is 1.99. The third-order valence-electron chi connectivity index (χ3n) is 3.53. The highest BCUT2D eigenvalue weighted by molar-refractivity contribution is 5.77. The van der Waals surface area contributed by atoms with Crippen LogP contribution < -0.4 is 11.1 Å². The Bertz CT molecular complexity index is 201. The lowest BCUT2D eigenvalue weighted by Gasteiger charge is -2.40. The van der Waals surface area contributed by atoms with Gasteiger partial charge in [0, 0.05) is 6.04 Å². The van der Waals surface area contributed by atoms with Gasteiger partial charge < -0.3 is 11.1 Å². The zero-order chi connectivity index (χ0) is 9.26. The summed E-state index contributed by atoms with van der Waals surface area (Å²) in [5, 5.41) is 3.45. The minimum absolute atomic E-state index is 0.0963. The van der Waals surface area contributed by atoms with Crippen molar-refractivity contribution in [2.45, 2.75) is 38.1 Å². The van der Waals surface area contributed by atoms with Gasteiger partial charge in [-0.3, -0.25) is 4.79 Å². The van der Waals surface area contributed by atoms with Crippen molar-refractivity contribution in [1.29, 1.82) is 0 Å². The first-order valence-corrected chi connectivity index (χ1v) is 5.32. The fraction of sp³-hybridized carbons (Fsp3) is 0.900. The Morgan fingerprint density at radius 3 is 2.54 bits per heavy atom. The molecule has 0 bridgehead atoms. The maximum Gasteiger partial charge on any atom is 0.222 e. The van der Waals surface area contributed by atoms with Crippen LogP contribution in [0.3, 0.4) is 0 Å².